The van der Waals surface area contributed by atoms with Crippen molar-refractivity contribution in [2.75, 3.05) is 13.2 Å². The molecular formula is C30H34FN3O3. The van der Waals surface area contributed by atoms with Gasteiger partial charge in [-0.1, -0.05) is 42.5 Å². The summed E-state index contributed by atoms with van der Waals surface area (Å²) in [6, 6.07) is 16.6. The van der Waals surface area contributed by atoms with E-state index in [4.69, 9.17) is 9.84 Å². The number of carbonyl (C=O) groups excluding carboxylic acids is 2. The summed E-state index contributed by atoms with van der Waals surface area (Å²) in [5, 5.41) is 4.97. The zero-order valence-electron chi connectivity index (χ0n) is 21.4. The Balaban J connectivity index is 1.30. The van der Waals surface area contributed by atoms with Crippen molar-refractivity contribution in [3.05, 3.63) is 77.2 Å². The number of rotatable bonds is 7. The molecule has 2 aromatic carbocycles. The maximum atomic E-state index is 13.5. The molecule has 0 unspecified atom stereocenters. The standard InChI is InChI=1S/C30H34FN3O3/c1-2-37-30(36)24-12-8-21(9-13-24)18-28(35)33-17-16-26-27(20-33)34(19-22-10-14-25(31)15-11-22)32-29(26)23-6-4-3-5-7-23/h3-7,10-11,14-15,21,24H,2,8-9,12-13,16-20H2,1H3. The minimum atomic E-state index is -0.260. The van der Waals surface area contributed by atoms with E-state index in [0.717, 1.165) is 54.6 Å². The van der Waals surface area contributed by atoms with E-state index in [2.05, 4.69) is 12.1 Å². The molecule has 1 saturated carbocycles. The van der Waals surface area contributed by atoms with Crippen molar-refractivity contribution in [1.82, 2.24) is 14.7 Å². The van der Waals surface area contributed by atoms with Crippen molar-refractivity contribution in [2.24, 2.45) is 11.8 Å². The van der Waals surface area contributed by atoms with Crippen molar-refractivity contribution in [1.29, 1.82) is 0 Å². The van der Waals surface area contributed by atoms with Crippen LogP contribution >= 0.6 is 0 Å². The third-order valence-electron chi connectivity index (χ3n) is 7.71. The number of amides is 1. The number of fused-ring (bicyclic) bond motifs is 1. The first-order valence-electron chi connectivity index (χ1n) is 13.3. The smallest absolute Gasteiger partial charge is 0.308 e. The predicted octanol–water partition coefficient (Wildman–Crippen LogP) is 5.38. The van der Waals surface area contributed by atoms with Crippen molar-refractivity contribution >= 4 is 11.9 Å². The van der Waals surface area contributed by atoms with Gasteiger partial charge in [0.1, 0.15) is 5.82 Å². The zero-order chi connectivity index (χ0) is 25.8. The molecule has 0 saturated heterocycles. The average molecular weight is 504 g/mol. The molecule has 0 bridgehead atoms. The van der Waals surface area contributed by atoms with Crippen LogP contribution in [0, 0.1) is 17.7 Å². The van der Waals surface area contributed by atoms with Gasteiger partial charge in [0.05, 0.1) is 37.0 Å². The summed E-state index contributed by atoms with van der Waals surface area (Å²) in [7, 11) is 0. The number of hydrogen-bond donors (Lipinski definition) is 0. The molecule has 194 valence electrons. The number of ether oxygens (including phenoxy) is 1. The third-order valence-corrected chi connectivity index (χ3v) is 7.71. The van der Waals surface area contributed by atoms with Gasteiger partial charge in [-0.15, -0.1) is 0 Å². The van der Waals surface area contributed by atoms with Crippen LogP contribution in [0.4, 0.5) is 4.39 Å². The first-order valence-corrected chi connectivity index (χ1v) is 13.3. The molecule has 1 amide bonds. The minimum absolute atomic E-state index is 0.0268. The Morgan fingerprint density at radius 3 is 2.46 bits per heavy atom. The van der Waals surface area contributed by atoms with Crippen molar-refractivity contribution in [2.45, 2.75) is 58.5 Å². The first-order chi connectivity index (χ1) is 18.0. The second-order valence-corrected chi connectivity index (χ2v) is 10.2. The summed E-state index contributed by atoms with van der Waals surface area (Å²) in [6.07, 6.45) is 4.63. The fraction of sp³-hybridized carbons (Fsp3) is 0.433. The fourth-order valence-corrected chi connectivity index (χ4v) is 5.65. The largest absolute Gasteiger partial charge is 0.466 e. The topological polar surface area (TPSA) is 64.4 Å². The van der Waals surface area contributed by atoms with Crippen LogP contribution < -0.4 is 0 Å². The van der Waals surface area contributed by atoms with Gasteiger partial charge in [0, 0.05) is 24.1 Å². The number of hydrogen-bond acceptors (Lipinski definition) is 4. The van der Waals surface area contributed by atoms with Gasteiger partial charge in [0.25, 0.3) is 0 Å². The van der Waals surface area contributed by atoms with E-state index in [0.29, 0.717) is 38.6 Å². The van der Waals surface area contributed by atoms with E-state index in [-0.39, 0.29) is 23.6 Å². The third kappa shape index (κ3) is 5.76. The molecule has 0 spiro atoms. The molecule has 6 nitrogen and oxygen atoms in total. The van der Waals surface area contributed by atoms with Crippen LogP contribution in [-0.2, 0) is 33.8 Å². The fourth-order valence-electron chi connectivity index (χ4n) is 5.65. The number of benzene rings is 2. The lowest BCUT2D eigenvalue weighted by atomic mass is 9.80. The molecule has 1 aliphatic heterocycles. The summed E-state index contributed by atoms with van der Waals surface area (Å²) in [5.74, 6) is 0.0921. The van der Waals surface area contributed by atoms with Gasteiger partial charge in [0.15, 0.2) is 0 Å². The van der Waals surface area contributed by atoms with Crippen LogP contribution in [0.5, 0.6) is 0 Å². The van der Waals surface area contributed by atoms with E-state index in [1.165, 1.54) is 17.7 Å². The van der Waals surface area contributed by atoms with Crippen LogP contribution in [0.15, 0.2) is 54.6 Å². The predicted molar refractivity (Wildman–Crippen MR) is 139 cm³/mol. The van der Waals surface area contributed by atoms with E-state index in [1.807, 2.05) is 34.7 Å². The lowest BCUT2D eigenvalue weighted by Crippen LogP contribution is -2.38. The maximum Gasteiger partial charge on any atom is 0.308 e. The minimum Gasteiger partial charge on any atom is -0.466 e. The molecule has 5 rings (SSSR count). The molecule has 2 heterocycles. The summed E-state index contributed by atoms with van der Waals surface area (Å²) in [4.78, 5) is 27.3. The average Bonchev–Trinajstić information content (AvgIpc) is 3.28. The van der Waals surface area contributed by atoms with Crippen LogP contribution in [0.3, 0.4) is 0 Å². The second-order valence-electron chi connectivity index (χ2n) is 10.2. The highest BCUT2D eigenvalue weighted by Gasteiger charge is 2.32. The molecular weight excluding hydrogens is 469 g/mol. The van der Waals surface area contributed by atoms with Crippen LogP contribution in [0.25, 0.3) is 11.3 Å². The number of esters is 1. The summed E-state index contributed by atoms with van der Waals surface area (Å²) in [6.45, 7) is 3.97. The Morgan fingerprint density at radius 1 is 1.03 bits per heavy atom. The highest BCUT2D eigenvalue weighted by molar-refractivity contribution is 5.77. The highest BCUT2D eigenvalue weighted by atomic mass is 19.1. The van der Waals surface area contributed by atoms with Gasteiger partial charge in [-0.2, -0.15) is 5.10 Å². The molecule has 7 heteroatoms. The molecule has 1 fully saturated rings. The summed E-state index contributed by atoms with van der Waals surface area (Å²) >= 11 is 0. The lowest BCUT2D eigenvalue weighted by molar-refractivity contribution is -0.149. The molecule has 1 aromatic heterocycles. The summed E-state index contributed by atoms with van der Waals surface area (Å²) < 4.78 is 20.6. The normalized spacial score (nSPS) is 19.4. The summed E-state index contributed by atoms with van der Waals surface area (Å²) in [5.41, 5.74) is 5.23. The lowest BCUT2D eigenvalue weighted by Gasteiger charge is -2.31. The Labute approximate surface area is 217 Å². The quantitative estimate of drug-likeness (QED) is 0.406. The van der Waals surface area contributed by atoms with E-state index >= 15 is 0 Å². The van der Waals surface area contributed by atoms with Gasteiger partial charge < -0.3 is 9.64 Å². The van der Waals surface area contributed by atoms with E-state index < -0.39 is 0 Å². The Hall–Kier alpha value is -3.48. The number of aromatic nitrogens is 2. The molecule has 2 aliphatic rings. The van der Waals surface area contributed by atoms with Crippen LogP contribution in [0.1, 0.15) is 55.8 Å². The van der Waals surface area contributed by atoms with Gasteiger partial charge in [-0.3, -0.25) is 14.3 Å². The van der Waals surface area contributed by atoms with Crippen molar-refractivity contribution in [3.8, 4) is 11.3 Å². The zero-order valence-corrected chi connectivity index (χ0v) is 21.4. The van der Waals surface area contributed by atoms with Crippen LogP contribution in [-0.4, -0.2) is 39.7 Å². The van der Waals surface area contributed by atoms with Gasteiger partial charge in [-0.05, 0) is 62.6 Å². The highest BCUT2D eigenvalue weighted by Crippen LogP contribution is 2.34. The number of nitrogens with zero attached hydrogens (tertiary/aromatic N) is 3. The van der Waals surface area contributed by atoms with Gasteiger partial charge in [0.2, 0.25) is 5.91 Å². The Bertz CT molecular complexity index is 1230. The van der Waals surface area contributed by atoms with Gasteiger partial charge in [-0.25, -0.2) is 4.39 Å². The molecule has 37 heavy (non-hydrogen) atoms. The molecule has 3 aromatic rings. The molecule has 1 aliphatic carbocycles. The van der Waals surface area contributed by atoms with E-state index in [1.54, 1.807) is 12.1 Å². The van der Waals surface area contributed by atoms with E-state index in [9.17, 15) is 14.0 Å². The second kappa shape index (κ2) is 11.3. The Kier molecular flexibility index (Phi) is 7.68. The van der Waals surface area contributed by atoms with Gasteiger partial charge >= 0.3 is 5.97 Å². The van der Waals surface area contributed by atoms with Crippen molar-refractivity contribution in [3.63, 3.8) is 0 Å². The Morgan fingerprint density at radius 2 is 1.76 bits per heavy atom. The van der Waals surface area contributed by atoms with Crippen molar-refractivity contribution < 1.29 is 18.7 Å². The SMILES string of the molecule is CCOC(=O)C1CCC(CC(=O)N2CCc3c(-c4ccccc4)nn(Cc4ccc(F)cc4)c3C2)CC1. The maximum absolute atomic E-state index is 13.5. The first kappa shape index (κ1) is 25.2. The number of carbonyl (C=O) groups is 2. The monoisotopic (exact) mass is 503 g/mol. The molecule has 0 N–H and O–H groups in total. The number of halogens is 1. The van der Waals surface area contributed by atoms with Crippen LogP contribution in [0.2, 0.25) is 0 Å². The molecule has 0 atom stereocenters. The molecule has 0 radical (unpaired) electrons.